The van der Waals surface area contributed by atoms with Gasteiger partial charge in [0, 0.05) is 39.1 Å². The van der Waals surface area contributed by atoms with Crippen LogP contribution in [0.1, 0.15) is 35.7 Å². The molecule has 0 aliphatic rings. The Balaban J connectivity index is 1.43. The van der Waals surface area contributed by atoms with Gasteiger partial charge in [0.15, 0.2) is 5.76 Å². The zero-order valence-corrected chi connectivity index (χ0v) is 15.6. The highest BCUT2D eigenvalue weighted by Crippen LogP contribution is 2.07. The summed E-state index contributed by atoms with van der Waals surface area (Å²) in [5, 5.41) is 7.89. The Morgan fingerprint density at radius 1 is 0.808 bits per heavy atom. The van der Waals surface area contributed by atoms with Crippen LogP contribution in [0.2, 0.25) is 0 Å². The van der Waals surface area contributed by atoms with Gasteiger partial charge in [0.2, 0.25) is 0 Å². The zero-order valence-electron chi connectivity index (χ0n) is 15.6. The molecule has 2 rings (SSSR count). The smallest absolute Gasteiger partial charge is 0.162 e. The Hall–Kier alpha value is -1.74. The van der Waals surface area contributed by atoms with Crippen LogP contribution < -0.4 is 0 Å². The number of aryl methyl sites for hydroxylation is 2. The Kier molecular flexibility index (Phi) is 9.96. The lowest BCUT2D eigenvalue weighted by Gasteiger charge is -2.03. The summed E-state index contributed by atoms with van der Waals surface area (Å²) in [5.41, 5.74) is 1.73. The van der Waals surface area contributed by atoms with Gasteiger partial charge in [-0.05, 0) is 26.2 Å². The standard InChI is InChI=1S/C18H28N2O6/c1-15-11-16(19-25-15)5-3-7-22-9-10-24-14-18-12-17(20-26-18)13-23-8-4-6-21-2/h11-12H,3-10,13-14H2,1-2H3. The number of rotatable bonds is 15. The third-order valence-electron chi connectivity index (χ3n) is 3.51. The van der Waals surface area contributed by atoms with Crippen LogP contribution in [0.4, 0.5) is 0 Å². The van der Waals surface area contributed by atoms with Crippen LogP contribution >= 0.6 is 0 Å². The second kappa shape index (κ2) is 12.6. The fourth-order valence-electron chi connectivity index (χ4n) is 2.26. The maximum atomic E-state index is 5.53. The first-order chi connectivity index (χ1) is 12.8. The quantitative estimate of drug-likeness (QED) is 0.443. The third kappa shape index (κ3) is 8.57. The van der Waals surface area contributed by atoms with Gasteiger partial charge in [0.1, 0.15) is 18.1 Å². The molecule has 0 fully saturated rings. The summed E-state index contributed by atoms with van der Waals surface area (Å²) >= 11 is 0. The molecule has 0 atom stereocenters. The van der Waals surface area contributed by atoms with Crippen LogP contribution in [-0.2, 0) is 38.6 Å². The molecule has 0 N–H and O–H groups in total. The van der Waals surface area contributed by atoms with Crippen molar-refractivity contribution >= 4 is 0 Å². The van der Waals surface area contributed by atoms with Crippen LogP contribution in [-0.4, -0.2) is 50.5 Å². The van der Waals surface area contributed by atoms with Crippen molar-refractivity contribution in [3.05, 3.63) is 35.0 Å². The van der Waals surface area contributed by atoms with E-state index >= 15 is 0 Å². The second-order valence-electron chi connectivity index (χ2n) is 5.88. The molecule has 0 bridgehead atoms. The Bertz CT molecular complexity index is 598. The van der Waals surface area contributed by atoms with Gasteiger partial charge in [0.05, 0.1) is 25.5 Å². The van der Waals surface area contributed by atoms with E-state index in [2.05, 4.69) is 10.3 Å². The van der Waals surface area contributed by atoms with Crippen molar-refractivity contribution in [2.45, 2.75) is 39.4 Å². The van der Waals surface area contributed by atoms with Crippen LogP contribution in [0.15, 0.2) is 21.2 Å². The third-order valence-corrected chi connectivity index (χ3v) is 3.51. The molecule has 0 aliphatic heterocycles. The molecule has 0 saturated heterocycles. The highest BCUT2D eigenvalue weighted by atomic mass is 16.5. The van der Waals surface area contributed by atoms with Crippen molar-refractivity contribution in [2.24, 2.45) is 0 Å². The molecular formula is C18H28N2O6. The van der Waals surface area contributed by atoms with E-state index in [0.717, 1.165) is 36.4 Å². The van der Waals surface area contributed by atoms with Gasteiger partial charge in [-0.1, -0.05) is 10.3 Å². The lowest BCUT2D eigenvalue weighted by molar-refractivity contribution is 0.0323. The second-order valence-corrected chi connectivity index (χ2v) is 5.88. The number of nitrogens with zero attached hydrogens (tertiary/aromatic N) is 2. The summed E-state index contributed by atoms with van der Waals surface area (Å²) in [6.45, 7) is 5.74. The van der Waals surface area contributed by atoms with Gasteiger partial charge in [0.25, 0.3) is 0 Å². The highest BCUT2D eigenvalue weighted by Gasteiger charge is 2.05. The first-order valence-electron chi connectivity index (χ1n) is 8.86. The first kappa shape index (κ1) is 20.6. The maximum absolute atomic E-state index is 5.53. The highest BCUT2D eigenvalue weighted by molar-refractivity contribution is 5.03. The normalized spacial score (nSPS) is 11.3. The van der Waals surface area contributed by atoms with Gasteiger partial charge in [-0.3, -0.25) is 0 Å². The predicted molar refractivity (Wildman–Crippen MR) is 92.7 cm³/mol. The summed E-state index contributed by atoms with van der Waals surface area (Å²) in [7, 11) is 1.68. The zero-order chi connectivity index (χ0) is 18.5. The molecular weight excluding hydrogens is 340 g/mol. The molecule has 0 spiro atoms. The van der Waals surface area contributed by atoms with E-state index in [4.69, 9.17) is 28.0 Å². The summed E-state index contributed by atoms with van der Waals surface area (Å²) in [6.07, 6.45) is 2.62. The topological polar surface area (TPSA) is 89.0 Å². The minimum Gasteiger partial charge on any atom is -0.385 e. The summed E-state index contributed by atoms with van der Waals surface area (Å²) in [4.78, 5) is 0. The van der Waals surface area contributed by atoms with E-state index in [0.29, 0.717) is 52.0 Å². The summed E-state index contributed by atoms with van der Waals surface area (Å²) in [5.74, 6) is 1.52. The summed E-state index contributed by atoms with van der Waals surface area (Å²) < 4.78 is 31.7. The van der Waals surface area contributed by atoms with Crippen molar-refractivity contribution in [1.29, 1.82) is 0 Å². The Morgan fingerprint density at radius 3 is 2.38 bits per heavy atom. The molecule has 146 valence electrons. The number of methoxy groups -OCH3 is 1. The van der Waals surface area contributed by atoms with Crippen molar-refractivity contribution in [3.8, 4) is 0 Å². The molecule has 0 aliphatic carbocycles. The lowest BCUT2D eigenvalue weighted by Crippen LogP contribution is -2.05. The Labute approximate surface area is 153 Å². The predicted octanol–water partition coefficient (Wildman–Crippen LogP) is 2.69. The molecule has 0 radical (unpaired) electrons. The molecule has 0 unspecified atom stereocenters. The van der Waals surface area contributed by atoms with Gasteiger partial charge in [-0.15, -0.1) is 0 Å². The fraction of sp³-hybridized carbons (Fsp3) is 0.667. The van der Waals surface area contributed by atoms with Crippen molar-refractivity contribution in [2.75, 3.05) is 40.1 Å². The average Bonchev–Trinajstić information content (AvgIpc) is 3.26. The Morgan fingerprint density at radius 2 is 1.58 bits per heavy atom. The number of ether oxygens (including phenoxy) is 4. The van der Waals surface area contributed by atoms with E-state index in [-0.39, 0.29) is 0 Å². The molecule has 8 heteroatoms. The molecule has 0 aromatic carbocycles. The molecule has 2 aromatic heterocycles. The number of hydrogen-bond donors (Lipinski definition) is 0. The largest absolute Gasteiger partial charge is 0.385 e. The SMILES string of the molecule is COCCCOCc1cc(COCCOCCCc2cc(C)on2)on1. The lowest BCUT2D eigenvalue weighted by atomic mass is 10.2. The number of aromatic nitrogens is 2. The van der Waals surface area contributed by atoms with Crippen molar-refractivity contribution in [3.63, 3.8) is 0 Å². The molecule has 0 amide bonds. The monoisotopic (exact) mass is 368 g/mol. The van der Waals surface area contributed by atoms with Gasteiger partial charge in [-0.2, -0.15) is 0 Å². The molecule has 8 nitrogen and oxygen atoms in total. The van der Waals surface area contributed by atoms with E-state index in [1.807, 2.05) is 19.1 Å². The first-order valence-corrected chi connectivity index (χ1v) is 8.86. The fourth-order valence-corrected chi connectivity index (χ4v) is 2.26. The molecule has 0 saturated carbocycles. The minimum absolute atomic E-state index is 0.373. The number of hydrogen-bond acceptors (Lipinski definition) is 8. The molecule has 26 heavy (non-hydrogen) atoms. The van der Waals surface area contributed by atoms with E-state index in [1.54, 1.807) is 7.11 Å². The van der Waals surface area contributed by atoms with Crippen molar-refractivity contribution in [1.82, 2.24) is 10.3 Å². The van der Waals surface area contributed by atoms with E-state index in [9.17, 15) is 0 Å². The van der Waals surface area contributed by atoms with Crippen LogP contribution in [0, 0.1) is 6.92 Å². The van der Waals surface area contributed by atoms with Gasteiger partial charge in [-0.25, -0.2) is 0 Å². The van der Waals surface area contributed by atoms with Crippen LogP contribution in [0.25, 0.3) is 0 Å². The van der Waals surface area contributed by atoms with Crippen molar-refractivity contribution < 1.29 is 28.0 Å². The van der Waals surface area contributed by atoms with Gasteiger partial charge >= 0.3 is 0 Å². The summed E-state index contributed by atoms with van der Waals surface area (Å²) in [6, 6.07) is 3.79. The van der Waals surface area contributed by atoms with Gasteiger partial charge < -0.3 is 28.0 Å². The van der Waals surface area contributed by atoms with E-state index < -0.39 is 0 Å². The van der Waals surface area contributed by atoms with Crippen LogP contribution in [0.5, 0.6) is 0 Å². The van der Waals surface area contributed by atoms with Crippen LogP contribution in [0.3, 0.4) is 0 Å². The molecule has 2 heterocycles. The van der Waals surface area contributed by atoms with E-state index in [1.165, 1.54) is 0 Å². The average molecular weight is 368 g/mol. The minimum atomic E-state index is 0.373. The molecule has 2 aromatic rings. The maximum Gasteiger partial charge on any atom is 0.162 e.